The first-order valence-electron chi connectivity index (χ1n) is 3.76. The first kappa shape index (κ1) is 11.4. The van der Waals surface area contributed by atoms with Crippen molar-refractivity contribution >= 4 is 5.91 Å². The number of hydrogen-bond acceptors (Lipinski definition) is 4. The highest BCUT2D eigenvalue weighted by molar-refractivity contribution is 5.81. The van der Waals surface area contributed by atoms with Gasteiger partial charge in [-0.2, -0.15) is 0 Å². The lowest BCUT2D eigenvalue weighted by atomic mass is 10.2. The van der Waals surface area contributed by atoms with Gasteiger partial charge in [-0.15, -0.1) is 0 Å². The molecule has 0 bridgehead atoms. The molecule has 0 fully saturated rings. The Hall–Kier alpha value is -0.650. The van der Waals surface area contributed by atoms with Crippen LogP contribution in [0.4, 0.5) is 0 Å². The lowest BCUT2D eigenvalue weighted by Gasteiger charge is -2.18. The summed E-state index contributed by atoms with van der Waals surface area (Å²) in [6.45, 7) is 1.74. The number of aliphatic hydroxyl groups is 2. The summed E-state index contributed by atoms with van der Waals surface area (Å²) in [7, 11) is 1.30. The van der Waals surface area contributed by atoms with Crippen LogP contribution in [0.2, 0.25) is 0 Å². The molecule has 0 spiro atoms. The second-order valence-corrected chi connectivity index (χ2v) is 2.30. The number of methoxy groups -OCH3 is 1. The Morgan fingerprint density at radius 3 is 2.58 bits per heavy atom. The lowest BCUT2D eigenvalue weighted by Crippen LogP contribution is -2.44. The zero-order valence-electron chi connectivity index (χ0n) is 7.28. The molecule has 0 aromatic rings. The van der Waals surface area contributed by atoms with Gasteiger partial charge in [0.1, 0.15) is 6.10 Å². The van der Waals surface area contributed by atoms with Crippen LogP contribution in [0.5, 0.6) is 0 Å². The van der Waals surface area contributed by atoms with Crippen LogP contribution in [0.15, 0.2) is 0 Å². The van der Waals surface area contributed by atoms with E-state index < -0.39 is 24.7 Å². The van der Waals surface area contributed by atoms with Gasteiger partial charge < -0.3 is 20.3 Å². The van der Waals surface area contributed by atoms with Crippen LogP contribution in [-0.4, -0.2) is 48.6 Å². The molecule has 72 valence electrons. The fourth-order valence-corrected chi connectivity index (χ4v) is 0.809. The predicted molar refractivity (Wildman–Crippen MR) is 42.6 cm³/mol. The molecule has 5 heteroatoms. The van der Waals surface area contributed by atoms with Gasteiger partial charge in [0.2, 0.25) is 0 Å². The van der Waals surface area contributed by atoms with Crippen molar-refractivity contribution in [3.63, 3.8) is 0 Å². The molecule has 3 N–H and O–H groups in total. The zero-order valence-corrected chi connectivity index (χ0v) is 7.28. The van der Waals surface area contributed by atoms with Gasteiger partial charge in [0.15, 0.2) is 6.10 Å². The maximum Gasteiger partial charge on any atom is 0.251 e. The zero-order chi connectivity index (χ0) is 9.56. The largest absolute Gasteiger partial charge is 0.394 e. The third kappa shape index (κ3) is 3.17. The summed E-state index contributed by atoms with van der Waals surface area (Å²) in [6.07, 6.45) is -2.16. The summed E-state index contributed by atoms with van der Waals surface area (Å²) in [5, 5.41) is 20.1. The minimum absolute atomic E-state index is 0.415. The average molecular weight is 177 g/mol. The molecule has 0 heterocycles. The molecule has 0 aliphatic carbocycles. The van der Waals surface area contributed by atoms with Crippen LogP contribution in [0.1, 0.15) is 6.92 Å². The summed E-state index contributed by atoms with van der Waals surface area (Å²) in [5.74, 6) is -0.415. The molecule has 5 nitrogen and oxygen atoms in total. The van der Waals surface area contributed by atoms with E-state index in [4.69, 9.17) is 14.9 Å². The van der Waals surface area contributed by atoms with E-state index in [1.807, 2.05) is 0 Å². The van der Waals surface area contributed by atoms with Crippen molar-refractivity contribution in [1.82, 2.24) is 5.32 Å². The van der Waals surface area contributed by atoms with Gasteiger partial charge in [0, 0.05) is 13.7 Å². The SMILES string of the molecule is CCNC(=O)[C@@H](OC)[C@@H](O)CO. The maximum atomic E-state index is 11.1. The van der Waals surface area contributed by atoms with E-state index in [2.05, 4.69) is 5.32 Å². The molecule has 0 aromatic carbocycles. The van der Waals surface area contributed by atoms with E-state index in [0.29, 0.717) is 6.54 Å². The van der Waals surface area contributed by atoms with Gasteiger partial charge in [-0.1, -0.05) is 0 Å². The molecule has 2 atom stereocenters. The number of aliphatic hydroxyl groups excluding tert-OH is 2. The first-order chi connectivity index (χ1) is 5.67. The number of amides is 1. The van der Waals surface area contributed by atoms with E-state index in [1.165, 1.54) is 7.11 Å². The molecular formula is C7H15NO4. The van der Waals surface area contributed by atoms with Crippen molar-refractivity contribution in [3.8, 4) is 0 Å². The quantitative estimate of drug-likeness (QED) is 0.477. The summed E-state index contributed by atoms with van der Waals surface area (Å²) in [4.78, 5) is 11.1. The van der Waals surface area contributed by atoms with Crippen molar-refractivity contribution in [2.75, 3.05) is 20.3 Å². The topological polar surface area (TPSA) is 78.8 Å². The Kier molecular flexibility index (Phi) is 5.61. The van der Waals surface area contributed by atoms with E-state index >= 15 is 0 Å². The Morgan fingerprint density at radius 1 is 1.67 bits per heavy atom. The van der Waals surface area contributed by atoms with Crippen LogP contribution in [0, 0.1) is 0 Å². The van der Waals surface area contributed by atoms with Crippen molar-refractivity contribution in [3.05, 3.63) is 0 Å². The summed E-state index contributed by atoms with van der Waals surface area (Å²) >= 11 is 0. The number of carbonyl (C=O) groups is 1. The highest BCUT2D eigenvalue weighted by atomic mass is 16.5. The van der Waals surface area contributed by atoms with Gasteiger partial charge in [-0.05, 0) is 6.92 Å². The van der Waals surface area contributed by atoms with Gasteiger partial charge in [0.25, 0.3) is 5.91 Å². The van der Waals surface area contributed by atoms with Crippen molar-refractivity contribution < 1.29 is 19.7 Å². The Balaban J connectivity index is 4.04. The first-order valence-corrected chi connectivity index (χ1v) is 3.76. The Labute approximate surface area is 71.3 Å². The number of nitrogens with one attached hydrogen (secondary N) is 1. The van der Waals surface area contributed by atoms with Crippen LogP contribution >= 0.6 is 0 Å². The summed E-state index contributed by atoms with van der Waals surface area (Å²) in [6, 6.07) is 0. The van der Waals surface area contributed by atoms with E-state index in [-0.39, 0.29) is 0 Å². The number of rotatable bonds is 5. The molecule has 0 unspecified atom stereocenters. The molecule has 0 aliphatic rings. The highest BCUT2D eigenvalue weighted by Crippen LogP contribution is 1.97. The van der Waals surface area contributed by atoms with Gasteiger partial charge in [-0.3, -0.25) is 4.79 Å². The van der Waals surface area contributed by atoms with E-state index in [9.17, 15) is 4.79 Å². The normalized spacial score (nSPS) is 15.3. The Morgan fingerprint density at radius 2 is 2.25 bits per heavy atom. The number of carbonyl (C=O) groups excluding carboxylic acids is 1. The minimum Gasteiger partial charge on any atom is -0.394 e. The molecule has 0 rings (SSSR count). The number of ether oxygens (including phenoxy) is 1. The summed E-state index contributed by atoms with van der Waals surface area (Å²) < 4.78 is 4.70. The molecule has 0 saturated carbocycles. The second-order valence-electron chi connectivity index (χ2n) is 2.30. The van der Waals surface area contributed by atoms with Crippen molar-refractivity contribution in [2.45, 2.75) is 19.1 Å². The van der Waals surface area contributed by atoms with Crippen molar-refractivity contribution in [1.29, 1.82) is 0 Å². The molecular weight excluding hydrogens is 162 g/mol. The smallest absolute Gasteiger partial charge is 0.251 e. The molecule has 0 aliphatic heterocycles. The van der Waals surface area contributed by atoms with E-state index in [1.54, 1.807) is 6.92 Å². The third-order valence-corrected chi connectivity index (χ3v) is 1.40. The molecule has 0 radical (unpaired) electrons. The third-order valence-electron chi connectivity index (χ3n) is 1.40. The van der Waals surface area contributed by atoms with Crippen LogP contribution in [-0.2, 0) is 9.53 Å². The minimum atomic E-state index is -1.17. The van der Waals surface area contributed by atoms with Gasteiger partial charge in [-0.25, -0.2) is 0 Å². The molecule has 1 amide bonds. The number of hydrogen-bond donors (Lipinski definition) is 3. The van der Waals surface area contributed by atoms with Crippen LogP contribution in [0.3, 0.4) is 0 Å². The second kappa shape index (κ2) is 5.93. The molecule has 0 aromatic heterocycles. The van der Waals surface area contributed by atoms with Crippen LogP contribution in [0.25, 0.3) is 0 Å². The monoisotopic (exact) mass is 177 g/mol. The fourth-order valence-electron chi connectivity index (χ4n) is 0.809. The average Bonchev–Trinajstić information content (AvgIpc) is 2.06. The lowest BCUT2D eigenvalue weighted by molar-refractivity contribution is -0.139. The maximum absolute atomic E-state index is 11.1. The Bertz CT molecular complexity index is 139. The highest BCUT2D eigenvalue weighted by Gasteiger charge is 2.25. The fraction of sp³-hybridized carbons (Fsp3) is 0.857. The molecule has 12 heavy (non-hydrogen) atoms. The van der Waals surface area contributed by atoms with Gasteiger partial charge >= 0.3 is 0 Å². The predicted octanol–water partition coefficient (Wildman–Crippen LogP) is -1.51. The standard InChI is InChI=1S/C7H15NO4/c1-3-8-7(11)6(12-2)5(10)4-9/h5-6,9-10H,3-4H2,1-2H3,(H,8,11)/t5-,6-/m0/s1. The molecule has 0 saturated heterocycles. The van der Waals surface area contributed by atoms with Crippen LogP contribution < -0.4 is 5.32 Å². The van der Waals surface area contributed by atoms with Gasteiger partial charge in [0.05, 0.1) is 6.61 Å². The summed E-state index contributed by atoms with van der Waals surface area (Å²) in [5.41, 5.74) is 0. The number of likely N-dealkylation sites (N-methyl/N-ethyl adjacent to an activating group) is 1. The van der Waals surface area contributed by atoms with E-state index in [0.717, 1.165) is 0 Å². The van der Waals surface area contributed by atoms with Crippen molar-refractivity contribution in [2.24, 2.45) is 0 Å².